The van der Waals surface area contributed by atoms with Crippen molar-refractivity contribution < 1.29 is 0 Å². The van der Waals surface area contributed by atoms with Crippen LogP contribution in [0.4, 0.5) is 0 Å². The Hall–Kier alpha value is -0.900. The SMILES string of the molecule is CCc1n[nH]nc1C1(CN)CCCC1. The summed E-state index contributed by atoms with van der Waals surface area (Å²) in [7, 11) is 0. The van der Waals surface area contributed by atoms with Crippen molar-refractivity contribution in [1.82, 2.24) is 15.4 Å². The molecule has 1 aliphatic rings. The lowest BCUT2D eigenvalue weighted by Crippen LogP contribution is -2.33. The Morgan fingerprint density at radius 3 is 2.64 bits per heavy atom. The van der Waals surface area contributed by atoms with Gasteiger partial charge in [0.15, 0.2) is 0 Å². The fourth-order valence-electron chi connectivity index (χ4n) is 2.51. The maximum Gasteiger partial charge on any atom is 0.0930 e. The van der Waals surface area contributed by atoms with Crippen LogP contribution in [0.5, 0.6) is 0 Å². The van der Waals surface area contributed by atoms with E-state index < -0.39 is 0 Å². The Morgan fingerprint density at radius 2 is 2.07 bits per heavy atom. The molecule has 2 rings (SSSR count). The molecule has 0 spiro atoms. The van der Waals surface area contributed by atoms with Crippen LogP contribution in [-0.4, -0.2) is 22.0 Å². The zero-order chi connectivity index (χ0) is 10.0. The van der Waals surface area contributed by atoms with E-state index in [0.29, 0.717) is 6.54 Å². The van der Waals surface area contributed by atoms with Crippen LogP contribution in [0.1, 0.15) is 44.0 Å². The molecule has 1 fully saturated rings. The van der Waals surface area contributed by atoms with E-state index in [0.717, 1.165) is 17.8 Å². The number of hydrogen-bond acceptors (Lipinski definition) is 3. The lowest BCUT2D eigenvalue weighted by atomic mass is 9.81. The summed E-state index contributed by atoms with van der Waals surface area (Å²) < 4.78 is 0. The van der Waals surface area contributed by atoms with Crippen LogP contribution in [0.2, 0.25) is 0 Å². The number of aromatic nitrogens is 3. The average molecular weight is 194 g/mol. The predicted molar refractivity (Wildman–Crippen MR) is 55.0 cm³/mol. The summed E-state index contributed by atoms with van der Waals surface area (Å²) in [5.41, 5.74) is 8.25. The molecule has 1 aliphatic carbocycles. The molecule has 3 N–H and O–H groups in total. The minimum Gasteiger partial charge on any atom is -0.330 e. The highest BCUT2D eigenvalue weighted by Gasteiger charge is 2.38. The van der Waals surface area contributed by atoms with Gasteiger partial charge in [-0.2, -0.15) is 15.4 Å². The Kier molecular flexibility index (Phi) is 2.54. The second-order valence-corrected chi connectivity index (χ2v) is 4.16. The minimum atomic E-state index is 0.123. The molecule has 0 unspecified atom stereocenters. The highest BCUT2D eigenvalue weighted by Crippen LogP contribution is 2.40. The third-order valence-electron chi connectivity index (χ3n) is 3.41. The molecule has 4 heteroatoms. The van der Waals surface area contributed by atoms with Gasteiger partial charge in [-0.3, -0.25) is 0 Å². The molecule has 0 radical (unpaired) electrons. The summed E-state index contributed by atoms with van der Waals surface area (Å²) >= 11 is 0. The number of aromatic amines is 1. The molecule has 0 aliphatic heterocycles. The average Bonchev–Trinajstić information content (AvgIpc) is 2.86. The quantitative estimate of drug-likeness (QED) is 0.758. The van der Waals surface area contributed by atoms with E-state index >= 15 is 0 Å². The molecule has 1 aromatic rings. The lowest BCUT2D eigenvalue weighted by molar-refractivity contribution is 0.435. The van der Waals surface area contributed by atoms with Gasteiger partial charge in [0.1, 0.15) is 0 Å². The number of hydrogen-bond donors (Lipinski definition) is 2. The van der Waals surface area contributed by atoms with Gasteiger partial charge in [0, 0.05) is 12.0 Å². The van der Waals surface area contributed by atoms with Crippen molar-refractivity contribution in [3.05, 3.63) is 11.4 Å². The summed E-state index contributed by atoms with van der Waals surface area (Å²) in [4.78, 5) is 0. The fraction of sp³-hybridized carbons (Fsp3) is 0.800. The van der Waals surface area contributed by atoms with Crippen molar-refractivity contribution in [2.75, 3.05) is 6.54 Å². The van der Waals surface area contributed by atoms with Gasteiger partial charge >= 0.3 is 0 Å². The summed E-state index contributed by atoms with van der Waals surface area (Å²) in [6, 6.07) is 0. The first kappa shape index (κ1) is 9.65. The largest absolute Gasteiger partial charge is 0.330 e. The van der Waals surface area contributed by atoms with Crippen LogP contribution in [0, 0.1) is 0 Å². The topological polar surface area (TPSA) is 67.6 Å². The van der Waals surface area contributed by atoms with E-state index in [-0.39, 0.29) is 5.41 Å². The van der Waals surface area contributed by atoms with E-state index in [1.54, 1.807) is 0 Å². The predicted octanol–water partition coefficient (Wildman–Crippen LogP) is 1.14. The first-order valence-electron chi connectivity index (χ1n) is 5.42. The van der Waals surface area contributed by atoms with Crippen LogP contribution in [0.3, 0.4) is 0 Å². The normalized spacial score (nSPS) is 20.1. The molecule has 0 atom stereocenters. The van der Waals surface area contributed by atoms with E-state index in [9.17, 15) is 0 Å². The van der Waals surface area contributed by atoms with Crippen molar-refractivity contribution in [2.45, 2.75) is 44.4 Å². The second-order valence-electron chi connectivity index (χ2n) is 4.16. The zero-order valence-electron chi connectivity index (χ0n) is 8.71. The molecule has 0 aromatic carbocycles. The first-order chi connectivity index (χ1) is 6.82. The third-order valence-corrected chi connectivity index (χ3v) is 3.41. The van der Waals surface area contributed by atoms with Crippen LogP contribution >= 0.6 is 0 Å². The minimum absolute atomic E-state index is 0.123. The Bertz CT molecular complexity index is 299. The van der Waals surface area contributed by atoms with Crippen molar-refractivity contribution in [2.24, 2.45) is 5.73 Å². The van der Waals surface area contributed by atoms with Gasteiger partial charge < -0.3 is 5.73 Å². The number of nitrogens with two attached hydrogens (primary N) is 1. The van der Waals surface area contributed by atoms with Gasteiger partial charge in [0.05, 0.1) is 11.4 Å². The van der Waals surface area contributed by atoms with E-state index in [2.05, 4.69) is 22.3 Å². The number of nitrogens with zero attached hydrogens (tertiary/aromatic N) is 2. The van der Waals surface area contributed by atoms with Crippen molar-refractivity contribution >= 4 is 0 Å². The molecule has 0 amide bonds. The number of H-pyrrole nitrogens is 1. The molecule has 1 heterocycles. The number of rotatable bonds is 3. The zero-order valence-corrected chi connectivity index (χ0v) is 8.71. The highest BCUT2D eigenvalue weighted by atomic mass is 15.3. The van der Waals surface area contributed by atoms with Gasteiger partial charge in [0.25, 0.3) is 0 Å². The van der Waals surface area contributed by atoms with Gasteiger partial charge in [-0.25, -0.2) is 0 Å². The monoisotopic (exact) mass is 194 g/mol. The van der Waals surface area contributed by atoms with Crippen LogP contribution in [-0.2, 0) is 11.8 Å². The van der Waals surface area contributed by atoms with Gasteiger partial charge in [-0.15, -0.1) is 0 Å². The smallest absolute Gasteiger partial charge is 0.0930 e. The molecule has 1 saturated carbocycles. The molecule has 1 aromatic heterocycles. The van der Waals surface area contributed by atoms with Gasteiger partial charge in [-0.1, -0.05) is 19.8 Å². The van der Waals surface area contributed by atoms with Crippen molar-refractivity contribution in [1.29, 1.82) is 0 Å². The van der Waals surface area contributed by atoms with Gasteiger partial charge in [0.2, 0.25) is 0 Å². The van der Waals surface area contributed by atoms with E-state index in [1.807, 2.05) is 0 Å². The summed E-state index contributed by atoms with van der Waals surface area (Å²) in [6.07, 6.45) is 5.82. The maximum absolute atomic E-state index is 5.90. The van der Waals surface area contributed by atoms with Gasteiger partial charge in [-0.05, 0) is 19.3 Å². The van der Waals surface area contributed by atoms with E-state index in [4.69, 9.17) is 5.73 Å². The molecule has 0 saturated heterocycles. The van der Waals surface area contributed by atoms with Crippen LogP contribution in [0.15, 0.2) is 0 Å². The standard InChI is InChI=1S/C10H18N4/c1-2-8-9(13-14-12-8)10(7-11)5-3-4-6-10/h2-7,11H2,1H3,(H,12,13,14). The molecule has 14 heavy (non-hydrogen) atoms. The fourth-order valence-corrected chi connectivity index (χ4v) is 2.51. The summed E-state index contributed by atoms with van der Waals surface area (Å²) in [5, 5.41) is 11.2. The highest BCUT2D eigenvalue weighted by molar-refractivity contribution is 5.23. The van der Waals surface area contributed by atoms with Crippen LogP contribution < -0.4 is 5.73 Å². The summed E-state index contributed by atoms with van der Waals surface area (Å²) in [5.74, 6) is 0. The molecule has 0 bridgehead atoms. The third kappa shape index (κ3) is 1.34. The summed E-state index contributed by atoms with van der Waals surface area (Å²) in [6.45, 7) is 2.81. The first-order valence-corrected chi connectivity index (χ1v) is 5.42. The Labute approximate surface area is 84.3 Å². The van der Waals surface area contributed by atoms with Crippen molar-refractivity contribution in [3.8, 4) is 0 Å². The molecule has 4 nitrogen and oxygen atoms in total. The molecular formula is C10H18N4. The second kappa shape index (κ2) is 3.69. The Balaban J connectivity index is 2.35. The Morgan fingerprint density at radius 1 is 1.36 bits per heavy atom. The molecule has 78 valence electrons. The number of aryl methyl sites for hydroxylation is 1. The van der Waals surface area contributed by atoms with Crippen molar-refractivity contribution in [3.63, 3.8) is 0 Å². The number of nitrogens with one attached hydrogen (secondary N) is 1. The molecular weight excluding hydrogens is 176 g/mol. The lowest BCUT2D eigenvalue weighted by Gasteiger charge is -2.25. The van der Waals surface area contributed by atoms with E-state index in [1.165, 1.54) is 25.7 Å². The van der Waals surface area contributed by atoms with Crippen LogP contribution in [0.25, 0.3) is 0 Å². The maximum atomic E-state index is 5.90.